The van der Waals surface area contributed by atoms with Crippen molar-refractivity contribution in [1.29, 1.82) is 0 Å². The van der Waals surface area contributed by atoms with Crippen LogP contribution in [0.15, 0.2) is 36.4 Å². The van der Waals surface area contributed by atoms with E-state index < -0.39 is 17.6 Å². The molecule has 1 saturated heterocycles. The second-order valence-corrected chi connectivity index (χ2v) is 9.41. The third kappa shape index (κ3) is 6.75. The van der Waals surface area contributed by atoms with Gasteiger partial charge in [-0.3, -0.25) is 19.2 Å². The Bertz CT molecular complexity index is 1070. The molecule has 1 aliphatic heterocycles. The molecule has 0 unspecified atom stereocenters. The minimum atomic E-state index is -4.53. The van der Waals surface area contributed by atoms with Crippen molar-refractivity contribution in [2.75, 3.05) is 26.2 Å². The molecule has 0 atom stereocenters. The van der Waals surface area contributed by atoms with Crippen molar-refractivity contribution < 1.29 is 32.3 Å². The minimum Gasteiger partial charge on any atom is -0.339 e. The number of amides is 2. The molecule has 3 rings (SSSR count). The maximum Gasteiger partial charge on any atom is 0.416 e. The lowest BCUT2D eigenvalue weighted by molar-refractivity contribution is -0.137. The molecule has 2 heterocycles. The van der Waals surface area contributed by atoms with Gasteiger partial charge in [0.2, 0.25) is 5.91 Å². The maximum absolute atomic E-state index is 12.9. The Morgan fingerprint density at radius 3 is 2.15 bits per heavy atom. The Morgan fingerprint density at radius 1 is 0.882 bits per heavy atom. The Hall–Kier alpha value is -3.01. The first-order valence-corrected chi connectivity index (χ1v) is 11.7. The third-order valence-electron chi connectivity index (χ3n) is 5.62. The highest BCUT2D eigenvalue weighted by atomic mass is 32.1. The fourth-order valence-corrected chi connectivity index (χ4v) is 4.50. The number of hydrogen-bond donors (Lipinski definition) is 0. The van der Waals surface area contributed by atoms with Gasteiger partial charge in [-0.05, 0) is 37.3 Å². The number of alkyl halides is 3. The Kier molecular flexibility index (Phi) is 8.24. The van der Waals surface area contributed by atoms with Gasteiger partial charge in [0.05, 0.1) is 10.4 Å². The zero-order valence-electron chi connectivity index (χ0n) is 18.7. The SMILES string of the molecule is Cc1ccc(C(=O)CCC(=O)CCC(=O)N2CCN(C(=O)c3cccc(C(F)(F)F)c3)CC2)s1. The number of carbonyl (C=O) groups is 4. The summed E-state index contributed by atoms with van der Waals surface area (Å²) in [5, 5.41) is 0. The summed E-state index contributed by atoms with van der Waals surface area (Å²) in [6.07, 6.45) is -4.27. The normalized spacial score (nSPS) is 14.2. The Morgan fingerprint density at radius 2 is 1.53 bits per heavy atom. The van der Waals surface area contributed by atoms with Crippen molar-refractivity contribution in [1.82, 2.24) is 9.80 Å². The van der Waals surface area contributed by atoms with E-state index in [1.807, 2.05) is 13.0 Å². The van der Waals surface area contributed by atoms with Crippen molar-refractivity contribution in [2.45, 2.75) is 38.8 Å². The molecule has 10 heteroatoms. The molecule has 0 saturated carbocycles. The van der Waals surface area contributed by atoms with Crippen LogP contribution in [0, 0.1) is 6.92 Å². The lowest BCUT2D eigenvalue weighted by atomic mass is 10.1. The lowest BCUT2D eigenvalue weighted by Gasteiger charge is -2.35. The highest BCUT2D eigenvalue weighted by molar-refractivity contribution is 7.14. The molecule has 182 valence electrons. The van der Waals surface area contributed by atoms with E-state index in [-0.39, 0.29) is 74.9 Å². The average Bonchev–Trinajstić information content (AvgIpc) is 3.26. The number of piperazine rings is 1. The smallest absolute Gasteiger partial charge is 0.339 e. The van der Waals surface area contributed by atoms with Gasteiger partial charge in [-0.2, -0.15) is 13.2 Å². The monoisotopic (exact) mass is 494 g/mol. The molecule has 1 aliphatic rings. The third-order valence-corrected chi connectivity index (χ3v) is 6.66. The highest BCUT2D eigenvalue weighted by Crippen LogP contribution is 2.30. The van der Waals surface area contributed by atoms with Crippen LogP contribution in [-0.4, -0.2) is 59.4 Å². The number of Topliss-reactive ketones (excluding diaryl/α,β-unsaturated/α-hetero) is 2. The summed E-state index contributed by atoms with van der Waals surface area (Å²) in [7, 11) is 0. The van der Waals surface area contributed by atoms with Gasteiger partial charge in [0.1, 0.15) is 5.78 Å². The largest absolute Gasteiger partial charge is 0.416 e. The first-order valence-electron chi connectivity index (χ1n) is 10.9. The summed E-state index contributed by atoms with van der Waals surface area (Å²) in [4.78, 5) is 53.9. The van der Waals surface area contributed by atoms with Gasteiger partial charge >= 0.3 is 6.18 Å². The summed E-state index contributed by atoms with van der Waals surface area (Å²) >= 11 is 1.39. The molecule has 6 nitrogen and oxygen atoms in total. The molecule has 0 N–H and O–H groups in total. The van der Waals surface area contributed by atoms with Gasteiger partial charge in [0, 0.05) is 62.3 Å². The number of nitrogens with zero attached hydrogens (tertiary/aromatic N) is 2. The van der Waals surface area contributed by atoms with Crippen molar-refractivity contribution in [3.8, 4) is 0 Å². The topological polar surface area (TPSA) is 74.8 Å². The molecule has 0 bridgehead atoms. The molecular formula is C24H25F3N2O4S. The van der Waals surface area contributed by atoms with E-state index in [2.05, 4.69) is 0 Å². The Balaban J connectivity index is 1.41. The standard InChI is InChI=1S/C24H25F3N2O4S/c1-16-5-9-21(34-16)20(31)8-6-19(30)7-10-22(32)28-11-13-29(14-12-28)23(33)17-3-2-4-18(15-17)24(25,26)27/h2-5,9,15H,6-8,10-14H2,1H3. The number of benzene rings is 1. The van der Waals surface area contributed by atoms with E-state index in [1.165, 1.54) is 28.4 Å². The number of carbonyl (C=O) groups excluding carboxylic acids is 4. The predicted octanol–water partition coefficient (Wildman–Crippen LogP) is 4.37. The zero-order chi connectivity index (χ0) is 24.9. The first-order chi connectivity index (χ1) is 16.0. The van der Waals surface area contributed by atoms with Crippen LogP contribution in [0.2, 0.25) is 0 Å². The van der Waals surface area contributed by atoms with Crippen LogP contribution >= 0.6 is 11.3 Å². The summed E-state index contributed by atoms with van der Waals surface area (Å²) in [5.74, 6) is -0.980. The van der Waals surface area contributed by atoms with Crippen molar-refractivity contribution in [3.63, 3.8) is 0 Å². The summed E-state index contributed by atoms with van der Waals surface area (Å²) < 4.78 is 38.7. The van der Waals surface area contributed by atoms with Crippen LogP contribution in [0.25, 0.3) is 0 Å². The highest BCUT2D eigenvalue weighted by Gasteiger charge is 2.32. The van der Waals surface area contributed by atoms with E-state index in [4.69, 9.17) is 0 Å². The number of halogens is 3. The van der Waals surface area contributed by atoms with Crippen LogP contribution in [-0.2, 0) is 15.8 Å². The second kappa shape index (κ2) is 10.9. The quantitative estimate of drug-likeness (QED) is 0.511. The van der Waals surface area contributed by atoms with Crippen LogP contribution in [0.4, 0.5) is 13.2 Å². The van der Waals surface area contributed by atoms with Gasteiger partial charge < -0.3 is 9.80 Å². The molecule has 0 aliphatic carbocycles. The van der Waals surface area contributed by atoms with E-state index in [9.17, 15) is 32.3 Å². The number of rotatable bonds is 8. The van der Waals surface area contributed by atoms with Crippen molar-refractivity contribution in [2.24, 2.45) is 0 Å². The lowest BCUT2D eigenvalue weighted by Crippen LogP contribution is -2.50. The van der Waals surface area contributed by atoms with Crippen LogP contribution in [0.5, 0.6) is 0 Å². The van der Waals surface area contributed by atoms with E-state index in [0.717, 1.165) is 17.0 Å². The average molecular weight is 495 g/mol. The van der Waals surface area contributed by atoms with Crippen LogP contribution < -0.4 is 0 Å². The van der Waals surface area contributed by atoms with Crippen molar-refractivity contribution in [3.05, 3.63) is 57.3 Å². The van der Waals surface area contributed by atoms with Gasteiger partial charge in [-0.15, -0.1) is 11.3 Å². The second-order valence-electron chi connectivity index (χ2n) is 8.12. The maximum atomic E-state index is 12.9. The molecule has 2 amide bonds. The number of thiophene rings is 1. The Labute approximate surface area is 199 Å². The number of aryl methyl sites for hydroxylation is 1. The van der Waals surface area contributed by atoms with Gasteiger partial charge in [-0.1, -0.05) is 6.07 Å². The van der Waals surface area contributed by atoms with Gasteiger partial charge in [-0.25, -0.2) is 0 Å². The minimum absolute atomic E-state index is 0.0205. The fraction of sp³-hybridized carbons (Fsp3) is 0.417. The van der Waals surface area contributed by atoms with E-state index in [1.54, 1.807) is 11.0 Å². The van der Waals surface area contributed by atoms with Crippen LogP contribution in [0.1, 0.15) is 56.2 Å². The number of hydrogen-bond acceptors (Lipinski definition) is 5. The fourth-order valence-electron chi connectivity index (χ4n) is 3.66. The van der Waals surface area contributed by atoms with Gasteiger partial charge in [0.15, 0.2) is 5.78 Å². The predicted molar refractivity (Wildman–Crippen MR) is 121 cm³/mol. The van der Waals surface area contributed by atoms with Crippen molar-refractivity contribution >= 4 is 34.7 Å². The summed E-state index contributed by atoms with van der Waals surface area (Å²) in [6, 6.07) is 7.87. The zero-order valence-corrected chi connectivity index (χ0v) is 19.5. The molecule has 0 spiro atoms. The van der Waals surface area contributed by atoms with Gasteiger partial charge in [0.25, 0.3) is 5.91 Å². The number of ketones is 2. The molecule has 34 heavy (non-hydrogen) atoms. The van der Waals surface area contributed by atoms with E-state index in [0.29, 0.717) is 4.88 Å². The van der Waals surface area contributed by atoms with Crippen LogP contribution in [0.3, 0.4) is 0 Å². The summed E-state index contributed by atoms with van der Waals surface area (Å²) in [5.41, 5.74) is -0.934. The molecule has 1 aromatic heterocycles. The summed E-state index contributed by atoms with van der Waals surface area (Å²) in [6.45, 7) is 2.79. The molecule has 2 aromatic rings. The molecule has 0 radical (unpaired) electrons. The first kappa shape index (κ1) is 25.6. The van der Waals surface area contributed by atoms with E-state index >= 15 is 0 Å². The molecular weight excluding hydrogens is 469 g/mol. The molecule has 1 aromatic carbocycles. The molecule has 1 fully saturated rings.